The van der Waals surface area contributed by atoms with E-state index in [1.165, 1.54) is 0 Å². The van der Waals surface area contributed by atoms with E-state index in [9.17, 15) is 9.90 Å². The van der Waals surface area contributed by atoms with E-state index in [2.05, 4.69) is 4.90 Å². The molecule has 1 aromatic rings. The number of aliphatic hydroxyl groups is 1. The fourth-order valence-electron chi connectivity index (χ4n) is 3.69. The van der Waals surface area contributed by atoms with Crippen molar-refractivity contribution in [3.8, 4) is 0 Å². The lowest BCUT2D eigenvalue weighted by Gasteiger charge is -2.39. The quantitative estimate of drug-likeness (QED) is 0.873. The molecule has 1 saturated carbocycles. The number of nitrogens with two attached hydrogens (primary N) is 1. The molecule has 1 aliphatic heterocycles. The van der Waals surface area contributed by atoms with Crippen LogP contribution in [0, 0.1) is 0 Å². The lowest BCUT2D eigenvalue weighted by molar-refractivity contribution is -0.138. The lowest BCUT2D eigenvalue weighted by Crippen LogP contribution is -2.58. The fourth-order valence-corrected chi connectivity index (χ4v) is 3.69. The number of hydrogen-bond acceptors (Lipinski definition) is 4. The van der Waals surface area contributed by atoms with E-state index in [1.54, 1.807) is 0 Å². The minimum atomic E-state index is -0.619. The topological polar surface area (TPSA) is 69.8 Å². The Morgan fingerprint density at radius 2 is 1.74 bits per heavy atom. The molecule has 0 radical (unpaired) electrons. The Morgan fingerprint density at radius 1 is 1.13 bits per heavy atom. The highest BCUT2D eigenvalue weighted by Crippen LogP contribution is 2.29. The summed E-state index contributed by atoms with van der Waals surface area (Å²) >= 11 is 0. The van der Waals surface area contributed by atoms with Crippen LogP contribution in [0.25, 0.3) is 0 Å². The van der Waals surface area contributed by atoms with E-state index in [-0.39, 0.29) is 5.91 Å². The first-order valence-electron chi connectivity index (χ1n) is 8.62. The summed E-state index contributed by atoms with van der Waals surface area (Å²) in [4.78, 5) is 16.7. The van der Waals surface area contributed by atoms with Gasteiger partial charge in [-0.3, -0.25) is 9.69 Å². The second-order valence-corrected chi connectivity index (χ2v) is 6.88. The zero-order chi connectivity index (χ0) is 16.3. The zero-order valence-electron chi connectivity index (χ0n) is 13.7. The molecule has 3 rings (SSSR count). The van der Waals surface area contributed by atoms with Gasteiger partial charge >= 0.3 is 0 Å². The van der Waals surface area contributed by atoms with Gasteiger partial charge in [0.05, 0.1) is 11.6 Å². The van der Waals surface area contributed by atoms with Crippen LogP contribution in [0.5, 0.6) is 0 Å². The van der Waals surface area contributed by atoms with E-state index in [0.717, 1.165) is 44.3 Å². The first kappa shape index (κ1) is 16.4. The van der Waals surface area contributed by atoms with Crippen molar-refractivity contribution >= 4 is 5.91 Å². The van der Waals surface area contributed by atoms with Crippen LogP contribution in [0.2, 0.25) is 0 Å². The summed E-state index contributed by atoms with van der Waals surface area (Å²) in [5.74, 6) is 0.123. The summed E-state index contributed by atoms with van der Waals surface area (Å²) in [5.41, 5.74) is 6.60. The van der Waals surface area contributed by atoms with Crippen LogP contribution in [0.3, 0.4) is 0 Å². The molecule has 1 aromatic carbocycles. The fraction of sp³-hybridized carbons (Fsp3) is 0.611. The Morgan fingerprint density at radius 3 is 2.35 bits per heavy atom. The van der Waals surface area contributed by atoms with Gasteiger partial charge in [-0.15, -0.1) is 0 Å². The Kier molecular flexibility index (Phi) is 4.99. The van der Waals surface area contributed by atoms with Crippen molar-refractivity contribution in [2.24, 2.45) is 5.73 Å². The molecule has 2 aliphatic rings. The summed E-state index contributed by atoms with van der Waals surface area (Å²) in [6, 6.07) is 9.73. The lowest BCUT2D eigenvalue weighted by atomic mass is 9.97. The number of nitrogens with zero attached hydrogens (tertiary/aromatic N) is 2. The second-order valence-electron chi connectivity index (χ2n) is 6.88. The van der Waals surface area contributed by atoms with Gasteiger partial charge in [0.25, 0.3) is 0 Å². The number of amides is 1. The molecule has 2 fully saturated rings. The van der Waals surface area contributed by atoms with E-state index < -0.39 is 11.6 Å². The predicted molar refractivity (Wildman–Crippen MR) is 89.8 cm³/mol. The number of carbonyl (C=O) groups excluding carboxylic acids is 1. The van der Waals surface area contributed by atoms with Gasteiger partial charge in [0, 0.05) is 32.7 Å². The number of carbonyl (C=O) groups is 1. The SMILES string of the molecule is NC1(C(=O)N2CCN(CC(O)c3ccccc3)CC2)CCCC1. The van der Waals surface area contributed by atoms with E-state index >= 15 is 0 Å². The molecule has 0 spiro atoms. The van der Waals surface area contributed by atoms with Crippen LogP contribution in [-0.4, -0.2) is 59.1 Å². The van der Waals surface area contributed by atoms with Crippen LogP contribution < -0.4 is 5.73 Å². The summed E-state index contributed by atoms with van der Waals surface area (Å²) in [7, 11) is 0. The Bertz CT molecular complexity index is 520. The Hall–Kier alpha value is -1.43. The number of hydrogen-bond donors (Lipinski definition) is 2. The maximum atomic E-state index is 12.6. The van der Waals surface area contributed by atoms with Gasteiger partial charge in [0.1, 0.15) is 0 Å². The summed E-state index contributed by atoms with van der Waals surface area (Å²) in [6.07, 6.45) is 3.28. The first-order valence-corrected chi connectivity index (χ1v) is 8.62. The largest absolute Gasteiger partial charge is 0.387 e. The van der Waals surface area contributed by atoms with Crippen molar-refractivity contribution < 1.29 is 9.90 Å². The number of aliphatic hydroxyl groups excluding tert-OH is 1. The third kappa shape index (κ3) is 3.74. The first-order chi connectivity index (χ1) is 11.1. The third-order valence-electron chi connectivity index (χ3n) is 5.20. The number of benzene rings is 1. The Balaban J connectivity index is 1.49. The maximum Gasteiger partial charge on any atom is 0.242 e. The standard InChI is InChI=1S/C18H27N3O2/c19-18(8-4-5-9-18)17(23)21-12-10-20(11-13-21)14-16(22)15-6-2-1-3-7-15/h1-3,6-7,16,22H,4-5,8-14,19H2. The van der Waals surface area contributed by atoms with Crippen LogP contribution in [0.1, 0.15) is 37.4 Å². The molecule has 1 unspecified atom stereocenters. The monoisotopic (exact) mass is 317 g/mol. The molecule has 1 saturated heterocycles. The van der Waals surface area contributed by atoms with Gasteiger partial charge < -0.3 is 15.7 Å². The molecule has 1 aliphatic carbocycles. The third-order valence-corrected chi connectivity index (χ3v) is 5.20. The Labute approximate surface area is 138 Å². The number of β-amino-alcohol motifs (C(OH)–C–C–N with tert-alkyl or cyclic N) is 1. The van der Waals surface area contributed by atoms with Crippen molar-refractivity contribution in [3.05, 3.63) is 35.9 Å². The maximum absolute atomic E-state index is 12.6. The van der Waals surface area contributed by atoms with E-state index in [4.69, 9.17) is 5.73 Å². The second kappa shape index (κ2) is 6.99. The zero-order valence-corrected chi connectivity index (χ0v) is 13.7. The highest BCUT2D eigenvalue weighted by molar-refractivity contribution is 5.86. The van der Waals surface area contributed by atoms with E-state index in [1.807, 2.05) is 35.2 Å². The minimum absolute atomic E-state index is 0.123. The molecule has 5 nitrogen and oxygen atoms in total. The van der Waals surface area contributed by atoms with Gasteiger partial charge in [-0.25, -0.2) is 0 Å². The number of rotatable bonds is 4. The van der Waals surface area contributed by atoms with Gasteiger partial charge in [-0.1, -0.05) is 43.2 Å². The molecule has 5 heteroatoms. The van der Waals surface area contributed by atoms with Gasteiger partial charge in [0.15, 0.2) is 0 Å². The molecule has 0 aromatic heterocycles. The summed E-state index contributed by atoms with van der Waals surface area (Å²) < 4.78 is 0. The molecule has 1 heterocycles. The average Bonchev–Trinajstić information content (AvgIpc) is 3.03. The summed E-state index contributed by atoms with van der Waals surface area (Å²) in [5, 5.41) is 10.3. The van der Waals surface area contributed by atoms with Gasteiger partial charge in [-0.05, 0) is 18.4 Å². The van der Waals surface area contributed by atoms with Crippen molar-refractivity contribution in [2.75, 3.05) is 32.7 Å². The molecule has 1 amide bonds. The average molecular weight is 317 g/mol. The predicted octanol–water partition coefficient (Wildman–Crippen LogP) is 1.14. The smallest absolute Gasteiger partial charge is 0.242 e. The van der Waals surface area contributed by atoms with Crippen molar-refractivity contribution in [3.63, 3.8) is 0 Å². The van der Waals surface area contributed by atoms with Crippen molar-refractivity contribution in [1.82, 2.24) is 9.80 Å². The number of piperazine rings is 1. The molecule has 126 valence electrons. The van der Waals surface area contributed by atoms with Crippen LogP contribution in [0.4, 0.5) is 0 Å². The molecule has 0 bridgehead atoms. The molecule has 1 atom stereocenters. The molecule has 3 N–H and O–H groups in total. The van der Waals surface area contributed by atoms with Crippen LogP contribution in [-0.2, 0) is 4.79 Å². The van der Waals surface area contributed by atoms with Crippen LogP contribution >= 0.6 is 0 Å². The van der Waals surface area contributed by atoms with Crippen LogP contribution in [0.15, 0.2) is 30.3 Å². The highest BCUT2D eigenvalue weighted by atomic mass is 16.3. The molecule has 23 heavy (non-hydrogen) atoms. The van der Waals surface area contributed by atoms with Crippen molar-refractivity contribution in [1.29, 1.82) is 0 Å². The van der Waals surface area contributed by atoms with Gasteiger partial charge in [-0.2, -0.15) is 0 Å². The van der Waals surface area contributed by atoms with Crippen molar-refractivity contribution in [2.45, 2.75) is 37.3 Å². The molecular weight excluding hydrogens is 290 g/mol. The minimum Gasteiger partial charge on any atom is -0.387 e. The summed E-state index contributed by atoms with van der Waals surface area (Å²) in [6.45, 7) is 3.62. The van der Waals surface area contributed by atoms with E-state index in [0.29, 0.717) is 19.6 Å². The van der Waals surface area contributed by atoms with Gasteiger partial charge in [0.2, 0.25) is 5.91 Å². The molecular formula is C18H27N3O2. The highest BCUT2D eigenvalue weighted by Gasteiger charge is 2.40. The normalized spacial score (nSPS) is 23.0.